The van der Waals surface area contributed by atoms with Crippen LogP contribution in [0, 0.1) is 12.7 Å². The van der Waals surface area contributed by atoms with E-state index in [0.717, 1.165) is 18.5 Å². The molecule has 22 heavy (non-hydrogen) atoms. The Hall–Kier alpha value is -2.01. The minimum Gasteiger partial charge on any atom is -0.385 e. The van der Waals surface area contributed by atoms with Crippen LogP contribution in [-0.2, 0) is 5.60 Å². The number of hydrogen-bond donors (Lipinski definition) is 2. The molecule has 5 heteroatoms. The molecule has 0 bridgehead atoms. The van der Waals surface area contributed by atoms with E-state index < -0.39 is 5.60 Å². The van der Waals surface area contributed by atoms with Crippen molar-refractivity contribution in [3.8, 4) is 0 Å². The Labute approximate surface area is 129 Å². The third-order valence-corrected chi connectivity index (χ3v) is 4.30. The number of hydrogen-bond acceptors (Lipinski definition) is 4. The molecule has 2 N–H and O–H groups in total. The summed E-state index contributed by atoms with van der Waals surface area (Å²) in [5.74, 6) is 0.320. The van der Waals surface area contributed by atoms with Gasteiger partial charge in [0.15, 0.2) is 0 Å². The maximum absolute atomic E-state index is 13.4. The third-order valence-electron chi connectivity index (χ3n) is 4.30. The first-order valence-electron chi connectivity index (χ1n) is 7.60. The van der Waals surface area contributed by atoms with Crippen LogP contribution >= 0.6 is 0 Å². The van der Waals surface area contributed by atoms with Gasteiger partial charge in [-0.05, 0) is 56.4 Å². The third kappa shape index (κ3) is 3.25. The van der Waals surface area contributed by atoms with Gasteiger partial charge in [-0.2, -0.15) is 0 Å². The number of rotatable bonds is 3. The zero-order valence-corrected chi connectivity index (χ0v) is 12.6. The second-order valence-corrected chi connectivity index (χ2v) is 5.98. The quantitative estimate of drug-likeness (QED) is 0.914. The van der Waals surface area contributed by atoms with Gasteiger partial charge in [0.2, 0.25) is 5.95 Å². The molecule has 1 fully saturated rings. The predicted octanol–water partition coefficient (Wildman–Crippen LogP) is 3.17. The highest BCUT2D eigenvalue weighted by Gasteiger charge is 2.35. The molecule has 1 aromatic carbocycles. The van der Waals surface area contributed by atoms with Gasteiger partial charge in [-0.15, -0.1) is 0 Å². The molecule has 1 aliphatic rings. The Morgan fingerprint density at radius 2 is 2.05 bits per heavy atom. The van der Waals surface area contributed by atoms with Gasteiger partial charge in [0.25, 0.3) is 0 Å². The molecule has 3 rings (SSSR count). The summed E-state index contributed by atoms with van der Waals surface area (Å²) in [5.41, 5.74) is 0.649. The zero-order chi connectivity index (χ0) is 15.6. The standard InChI is InChI=1S/C17H20FN3O/c1-12-7-10-19-16(20-12)21-15-5-8-17(22,9-6-15)13-3-2-4-14(18)11-13/h2-4,7,10-11,15,22H,5-6,8-9H2,1H3,(H,19,20,21). The van der Waals surface area contributed by atoms with Crippen molar-refractivity contribution in [3.05, 3.63) is 53.6 Å². The van der Waals surface area contributed by atoms with Crippen molar-refractivity contribution < 1.29 is 9.50 Å². The fourth-order valence-electron chi connectivity index (χ4n) is 3.01. The summed E-state index contributed by atoms with van der Waals surface area (Å²) in [6, 6.07) is 8.35. The van der Waals surface area contributed by atoms with E-state index in [1.54, 1.807) is 18.3 Å². The summed E-state index contributed by atoms with van der Waals surface area (Å²) in [6.07, 6.45) is 4.52. The smallest absolute Gasteiger partial charge is 0.223 e. The molecule has 0 aliphatic heterocycles. The second kappa shape index (κ2) is 6.01. The molecule has 0 atom stereocenters. The van der Waals surface area contributed by atoms with Crippen molar-refractivity contribution in [2.75, 3.05) is 5.32 Å². The Balaban J connectivity index is 1.64. The molecule has 0 saturated heterocycles. The van der Waals surface area contributed by atoms with Gasteiger partial charge >= 0.3 is 0 Å². The van der Waals surface area contributed by atoms with Gasteiger partial charge in [0.1, 0.15) is 5.82 Å². The number of aliphatic hydroxyl groups is 1. The number of nitrogens with zero attached hydrogens (tertiary/aromatic N) is 2. The molecule has 116 valence electrons. The van der Waals surface area contributed by atoms with Crippen LogP contribution < -0.4 is 5.32 Å². The molecular weight excluding hydrogens is 281 g/mol. The van der Waals surface area contributed by atoms with Gasteiger partial charge in [0.05, 0.1) is 5.60 Å². The van der Waals surface area contributed by atoms with Gasteiger partial charge in [-0.3, -0.25) is 0 Å². The van der Waals surface area contributed by atoms with Crippen LogP contribution in [0.4, 0.5) is 10.3 Å². The van der Waals surface area contributed by atoms with E-state index in [9.17, 15) is 9.50 Å². The molecule has 1 aromatic heterocycles. The van der Waals surface area contributed by atoms with Crippen molar-refractivity contribution in [2.24, 2.45) is 0 Å². The van der Waals surface area contributed by atoms with Crippen LogP contribution in [0.25, 0.3) is 0 Å². The number of anilines is 1. The Morgan fingerprint density at radius 1 is 1.27 bits per heavy atom. The van der Waals surface area contributed by atoms with Crippen LogP contribution in [0.5, 0.6) is 0 Å². The Morgan fingerprint density at radius 3 is 2.73 bits per heavy atom. The van der Waals surface area contributed by atoms with Crippen molar-refractivity contribution in [1.29, 1.82) is 0 Å². The highest BCUT2D eigenvalue weighted by Crippen LogP contribution is 2.37. The number of aryl methyl sites for hydroxylation is 1. The summed E-state index contributed by atoms with van der Waals surface area (Å²) in [5, 5.41) is 14.1. The van der Waals surface area contributed by atoms with E-state index in [1.165, 1.54) is 12.1 Å². The molecule has 1 saturated carbocycles. The molecule has 1 aliphatic carbocycles. The molecule has 0 amide bonds. The van der Waals surface area contributed by atoms with Crippen LogP contribution in [0.1, 0.15) is 36.9 Å². The number of aromatic nitrogens is 2. The lowest BCUT2D eigenvalue weighted by Crippen LogP contribution is -2.36. The first kappa shape index (κ1) is 14.9. The van der Waals surface area contributed by atoms with Gasteiger partial charge in [0, 0.05) is 17.9 Å². The van der Waals surface area contributed by atoms with E-state index in [4.69, 9.17) is 0 Å². The summed E-state index contributed by atoms with van der Waals surface area (Å²) in [4.78, 5) is 8.54. The Bertz CT molecular complexity index is 654. The lowest BCUT2D eigenvalue weighted by Gasteiger charge is -2.36. The van der Waals surface area contributed by atoms with E-state index in [1.807, 2.05) is 13.0 Å². The maximum Gasteiger partial charge on any atom is 0.223 e. The molecular formula is C17H20FN3O. The largest absolute Gasteiger partial charge is 0.385 e. The highest BCUT2D eigenvalue weighted by atomic mass is 19.1. The molecule has 2 aromatic rings. The van der Waals surface area contributed by atoms with Gasteiger partial charge in [-0.25, -0.2) is 14.4 Å². The van der Waals surface area contributed by atoms with Crippen LogP contribution in [0.3, 0.4) is 0 Å². The normalized spacial score (nSPS) is 25.0. The summed E-state index contributed by atoms with van der Waals surface area (Å²) in [7, 11) is 0. The zero-order valence-electron chi connectivity index (χ0n) is 12.6. The predicted molar refractivity (Wildman–Crippen MR) is 82.9 cm³/mol. The number of nitrogens with one attached hydrogen (secondary N) is 1. The summed E-state index contributed by atoms with van der Waals surface area (Å²) >= 11 is 0. The van der Waals surface area contributed by atoms with Crippen LogP contribution in [0.2, 0.25) is 0 Å². The topological polar surface area (TPSA) is 58.0 Å². The lowest BCUT2D eigenvalue weighted by atomic mass is 9.78. The fraction of sp³-hybridized carbons (Fsp3) is 0.412. The highest BCUT2D eigenvalue weighted by molar-refractivity contribution is 5.28. The first-order chi connectivity index (χ1) is 10.5. The van der Waals surface area contributed by atoms with E-state index in [2.05, 4.69) is 15.3 Å². The molecule has 4 nitrogen and oxygen atoms in total. The molecule has 1 heterocycles. The maximum atomic E-state index is 13.4. The lowest BCUT2D eigenvalue weighted by molar-refractivity contribution is -0.00362. The monoisotopic (exact) mass is 301 g/mol. The number of benzene rings is 1. The number of halogens is 1. The minimum atomic E-state index is -0.937. The van der Waals surface area contributed by atoms with E-state index in [0.29, 0.717) is 24.4 Å². The molecule has 0 radical (unpaired) electrons. The SMILES string of the molecule is Cc1ccnc(NC2CCC(O)(c3cccc(F)c3)CC2)n1. The first-order valence-corrected chi connectivity index (χ1v) is 7.60. The van der Waals surface area contributed by atoms with Crippen LogP contribution in [-0.4, -0.2) is 21.1 Å². The van der Waals surface area contributed by atoms with Crippen molar-refractivity contribution in [3.63, 3.8) is 0 Å². The van der Waals surface area contributed by atoms with E-state index in [-0.39, 0.29) is 11.9 Å². The Kier molecular flexibility index (Phi) is 4.07. The minimum absolute atomic E-state index is 0.232. The van der Waals surface area contributed by atoms with Crippen molar-refractivity contribution in [2.45, 2.75) is 44.2 Å². The van der Waals surface area contributed by atoms with Gasteiger partial charge in [-0.1, -0.05) is 12.1 Å². The summed E-state index contributed by atoms with van der Waals surface area (Å²) < 4.78 is 13.4. The van der Waals surface area contributed by atoms with Crippen molar-refractivity contribution >= 4 is 5.95 Å². The second-order valence-electron chi connectivity index (χ2n) is 5.98. The van der Waals surface area contributed by atoms with E-state index >= 15 is 0 Å². The van der Waals surface area contributed by atoms with Crippen molar-refractivity contribution in [1.82, 2.24) is 9.97 Å². The van der Waals surface area contributed by atoms with Gasteiger partial charge < -0.3 is 10.4 Å². The van der Waals surface area contributed by atoms with Crippen LogP contribution in [0.15, 0.2) is 36.5 Å². The molecule has 0 unspecified atom stereocenters. The summed E-state index contributed by atoms with van der Waals surface area (Å²) in [6.45, 7) is 1.93. The fourth-order valence-corrected chi connectivity index (χ4v) is 3.01. The molecule has 0 spiro atoms. The average molecular weight is 301 g/mol. The average Bonchev–Trinajstić information content (AvgIpc) is 2.50.